The van der Waals surface area contributed by atoms with E-state index in [1.807, 2.05) is 30.3 Å². The Balaban J connectivity index is 1.30. The number of fused-ring (bicyclic) bond motifs is 1. The van der Waals surface area contributed by atoms with Crippen molar-refractivity contribution in [3.05, 3.63) is 65.5 Å². The standard InChI is InChI=1S/C24H28N4O3/c1-16-4-6-17(7-5-16)9-11-28-15-24-10-8-19(31-24)20(21(24)23(28)30)22(29)26(2)13-18-12-25-27(3)14-18/h4-8,10,12,14,19-21H,9,11,13,15H2,1-3H3/t19-,20?,21?,24-/m0/s1. The molecule has 0 saturated carbocycles. The van der Waals surface area contributed by atoms with Crippen LogP contribution in [0.4, 0.5) is 0 Å². The van der Waals surface area contributed by atoms with E-state index < -0.39 is 17.4 Å². The summed E-state index contributed by atoms with van der Waals surface area (Å²) in [6.07, 6.45) is 8.11. The van der Waals surface area contributed by atoms with Gasteiger partial charge in [0.2, 0.25) is 11.8 Å². The smallest absolute Gasteiger partial charge is 0.230 e. The number of ether oxygens (including phenoxy) is 1. The molecule has 31 heavy (non-hydrogen) atoms. The van der Waals surface area contributed by atoms with Crippen molar-refractivity contribution in [1.29, 1.82) is 0 Å². The van der Waals surface area contributed by atoms with Gasteiger partial charge in [0.1, 0.15) is 5.60 Å². The Hall–Kier alpha value is -2.93. The van der Waals surface area contributed by atoms with Crippen LogP contribution in [0.25, 0.3) is 0 Å². The molecule has 4 atom stereocenters. The zero-order valence-electron chi connectivity index (χ0n) is 18.2. The van der Waals surface area contributed by atoms with Crippen LogP contribution in [-0.4, -0.2) is 63.2 Å². The van der Waals surface area contributed by atoms with Crippen LogP contribution in [0.5, 0.6) is 0 Å². The topological polar surface area (TPSA) is 67.7 Å². The summed E-state index contributed by atoms with van der Waals surface area (Å²) in [6, 6.07) is 8.40. The molecule has 2 unspecified atom stereocenters. The summed E-state index contributed by atoms with van der Waals surface area (Å²) in [4.78, 5) is 30.3. The van der Waals surface area contributed by atoms with Gasteiger partial charge < -0.3 is 14.5 Å². The number of likely N-dealkylation sites (tertiary alicyclic amines) is 1. The largest absolute Gasteiger partial charge is 0.360 e. The van der Waals surface area contributed by atoms with Crippen LogP contribution in [0.15, 0.2) is 48.8 Å². The second-order valence-corrected chi connectivity index (χ2v) is 9.11. The van der Waals surface area contributed by atoms with Crippen LogP contribution in [0.3, 0.4) is 0 Å². The fourth-order valence-corrected chi connectivity index (χ4v) is 5.23. The molecule has 1 spiro atoms. The first-order valence-electron chi connectivity index (χ1n) is 10.8. The van der Waals surface area contributed by atoms with E-state index in [9.17, 15) is 9.59 Å². The molecule has 0 aliphatic carbocycles. The van der Waals surface area contributed by atoms with E-state index in [4.69, 9.17) is 4.74 Å². The van der Waals surface area contributed by atoms with Crippen LogP contribution >= 0.6 is 0 Å². The summed E-state index contributed by atoms with van der Waals surface area (Å²) < 4.78 is 7.97. The van der Waals surface area contributed by atoms with E-state index in [1.54, 1.807) is 22.8 Å². The minimum Gasteiger partial charge on any atom is -0.360 e. The Morgan fingerprint density at radius 1 is 1.29 bits per heavy atom. The number of benzene rings is 1. The number of hydrogen-bond acceptors (Lipinski definition) is 4. The molecule has 1 aromatic heterocycles. The molecule has 2 bridgehead atoms. The number of amides is 2. The summed E-state index contributed by atoms with van der Waals surface area (Å²) in [7, 11) is 3.64. The highest BCUT2D eigenvalue weighted by Crippen LogP contribution is 2.52. The number of aromatic nitrogens is 2. The number of aryl methyl sites for hydroxylation is 2. The summed E-state index contributed by atoms with van der Waals surface area (Å²) in [5, 5.41) is 4.17. The molecule has 2 aromatic rings. The Labute approximate surface area is 182 Å². The van der Waals surface area contributed by atoms with Gasteiger partial charge in [-0.1, -0.05) is 42.0 Å². The predicted octanol–water partition coefficient (Wildman–Crippen LogP) is 1.71. The fourth-order valence-electron chi connectivity index (χ4n) is 5.23. The molecule has 3 aliphatic heterocycles. The van der Waals surface area contributed by atoms with Crippen molar-refractivity contribution in [2.24, 2.45) is 18.9 Å². The first-order valence-corrected chi connectivity index (χ1v) is 10.8. The monoisotopic (exact) mass is 420 g/mol. The zero-order valence-corrected chi connectivity index (χ0v) is 18.2. The van der Waals surface area contributed by atoms with E-state index in [0.717, 1.165) is 12.0 Å². The Morgan fingerprint density at radius 3 is 2.77 bits per heavy atom. The molecule has 2 amide bonds. The van der Waals surface area contributed by atoms with Crippen molar-refractivity contribution >= 4 is 11.8 Å². The van der Waals surface area contributed by atoms with E-state index >= 15 is 0 Å². The lowest BCUT2D eigenvalue weighted by atomic mass is 9.76. The van der Waals surface area contributed by atoms with E-state index in [0.29, 0.717) is 19.6 Å². The molecular formula is C24H28N4O3. The van der Waals surface area contributed by atoms with Crippen LogP contribution in [0, 0.1) is 18.8 Å². The maximum atomic E-state index is 13.4. The number of carbonyl (C=O) groups is 2. The summed E-state index contributed by atoms with van der Waals surface area (Å²) in [6.45, 7) is 3.68. The molecule has 3 aliphatic rings. The lowest BCUT2D eigenvalue weighted by Gasteiger charge is -2.27. The summed E-state index contributed by atoms with van der Waals surface area (Å²) >= 11 is 0. The molecule has 4 heterocycles. The third kappa shape index (κ3) is 3.37. The maximum absolute atomic E-state index is 13.4. The number of nitrogens with zero attached hydrogens (tertiary/aromatic N) is 4. The molecule has 0 N–H and O–H groups in total. The van der Waals surface area contributed by atoms with Crippen LogP contribution in [0.1, 0.15) is 16.7 Å². The van der Waals surface area contributed by atoms with Crippen molar-refractivity contribution in [3.8, 4) is 0 Å². The SMILES string of the molecule is Cc1ccc(CCN2C[C@]34C=C[C@H](O3)C(C(=O)N(C)Cc3cnn(C)c3)C4C2=O)cc1. The molecule has 0 radical (unpaired) electrons. The van der Waals surface area contributed by atoms with E-state index in [2.05, 4.69) is 36.3 Å². The van der Waals surface area contributed by atoms with Crippen LogP contribution in [-0.2, 0) is 34.3 Å². The van der Waals surface area contributed by atoms with Gasteiger partial charge in [-0.05, 0) is 18.9 Å². The molecule has 2 saturated heterocycles. The number of hydrogen-bond donors (Lipinski definition) is 0. The normalized spacial score (nSPS) is 28.4. The molecule has 1 aromatic carbocycles. The molecule has 5 rings (SSSR count). The van der Waals surface area contributed by atoms with Crippen LogP contribution in [0.2, 0.25) is 0 Å². The Bertz CT molecular complexity index is 1040. The van der Waals surface area contributed by atoms with Gasteiger partial charge in [-0.2, -0.15) is 5.10 Å². The molecule has 2 fully saturated rings. The van der Waals surface area contributed by atoms with Crippen LogP contribution < -0.4 is 0 Å². The van der Waals surface area contributed by atoms with Crippen molar-refractivity contribution in [2.45, 2.75) is 31.6 Å². The zero-order chi connectivity index (χ0) is 21.8. The molecule has 7 heteroatoms. The average Bonchev–Trinajstić information content (AvgIpc) is 3.49. The van der Waals surface area contributed by atoms with Crippen molar-refractivity contribution in [1.82, 2.24) is 19.6 Å². The third-order valence-electron chi connectivity index (χ3n) is 6.81. The van der Waals surface area contributed by atoms with Crippen molar-refractivity contribution in [3.63, 3.8) is 0 Å². The number of carbonyl (C=O) groups excluding carboxylic acids is 2. The predicted molar refractivity (Wildman–Crippen MR) is 115 cm³/mol. The third-order valence-corrected chi connectivity index (χ3v) is 6.81. The summed E-state index contributed by atoms with van der Waals surface area (Å²) in [5.41, 5.74) is 2.73. The van der Waals surface area contributed by atoms with Gasteiger partial charge in [0.25, 0.3) is 0 Å². The molecular weight excluding hydrogens is 392 g/mol. The molecule has 7 nitrogen and oxygen atoms in total. The van der Waals surface area contributed by atoms with Crippen molar-refractivity contribution < 1.29 is 14.3 Å². The minimum absolute atomic E-state index is 0.0343. The second kappa shape index (κ2) is 7.34. The van der Waals surface area contributed by atoms with Crippen molar-refractivity contribution in [2.75, 3.05) is 20.1 Å². The average molecular weight is 421 g/mol. The fraction of sp³-hybridized carbons (Fsp3) is 0.458. The van der Waals surface area contributed by atoms with Gasteiger partial charge in [-0.25, -0.2) is 0 Å². The van der Waals surface area contributed by atoms with E-state index in [-0.39, 0.29) is 17.9 Å². The second-order valence-electron chi connectivity index (χ2n) is 9.11. The maximum Gasteiger partial charge on any atom is 0.230 e. The highest BCUT2D eigenvalue weighted by Gasteiger charge is 2.66. The van der Waals surface area contributed by atoms with E-state index in [1.165, 1.54) is 11.1 Å². The Kier molecular flexibility index (Phi) is 4.73. The minimum atomic E-state index is -0.662. The van der Waals surface area contributed by atoms with Gasteiger partial charge in [0.15, 0.2) is 0 Å². The molecule has 162 valence electrons. The van der Waals surface area contributed by atoms with Gasteiger partial charge in [0.05, 0.1) is 30.7 Å². The first-order chi connectivity index (χ1) is 14.9. The quantitative estimate of drug-likeness (QED) is 0.668. The lowest BCUT2D eigenvalue weighted by molar-refractivity contribution is -0.142. The first kappa shape index (κ1) is 20.0. The van der Waals surface area contributed by atoms with Gasteiger partial charge in [-0.3, -0.25) is 14.3 Å². The van der Waals surface area contributed by atoms with Gasteiger partial charge in [-0.15, -0.1) is 0 Å². The lowest BCUT2D eigenvalue weighted by Crippen LogP contribution is -2.44. The highest BCUT2D eigenvalue weighted by atomic mass is 16.5. The van der Waals surface area contributed by atoms with Gasteiger partial charge in [0, 0.05) is 38.9 Å². The van der Waals surface area contributed by atoms with Gasteiger partial charge >= 0.3 is 0 Å². The summed E-state index contributed by atoms with van der Waals surface area (Å²) in [5.74, 6) is -0.918. The Morgan fingerprint density at radius 2 is 2.06 bits per heavy atom. The highest BCUT2D eigenvalue weighted by molar-refractivity contribution is 5.93. The number of rotatable bonds is 6.